The number of aliphatic imine (C=N–C) groups is 1. The summed E-state index contributed by atoms with van der Waals surface area (Å²) in [4.78, 5) is 29.7. The lowest BCUT2D eigenvalue weighted by molar-refractivity contribution is 0.527. The third-order valence-corrected chi connectivity index (χ3v) is 12.9. The highest BCUT2D eigenvalue weighted by Crippen LogP contribution is 2.31. The second-order valence-corrected chi connectivity index (χ2v) is 25.4. The minimum atomic E-state index is 0.00947. The highest BCUT2D eigenvalue weighted by molar-refractivity contribution is 7.17. The van der Waals surface area contributed by atoms with E-state index in [1.807, 2.05) is 49.1 Å². The Hall–Kier alpha value is -6.04. The predicted molar refractivity (Wildman–Crippen MR) is 306 cm³/mol. The number of nitrogens with one attached hydrogen (secondary N) is 1. The molecule has 0 spiro atoms. The number of hydrogen-bond acceptors (Lipinski definition) is 10. The Bertz CT molecular complexity index is 2940. The fourth-order valence-corrected chi connectivity index (χ4v) is 8.62. The van der Waals surface area contributed by atoms with Gasteiger partial charge in [0.1, 0.15) is 12.7 Å². The Morgan fingerprint density at radius 1 is 0.514 bits per heavy atom. The van der Waals surface area contributed by atoms with Gasteiger partial charge < -0.3 is 5.32 Å². The Morgan fingerprint density at radius 2 is 1.17 bits per heavy atom. The molecule has 0 amide bonds. The quantitative estimate of drug-likeness (QED) is 0.160. The van der Waals surface area contributed by atoms with Gasteiger partial charge >= 0.3 is 0 Å². The van der Waals surface area contributed by atoms with Gasteiger partial charge in [0, 0.05) is 71.4 Å². The SMILES string of the molecule is CC(C)(C)C1=CCN=C1.CC(C)(C)c1ccc2c(c1)CNC2.CC(C)(C)c1ccc2ncccc2c1.CC(C)(C)c1ccccn1.CC(C)(C)c1ncnc2ccsc12.CC(C)(C)c1ncnn2ccnc12. The molecule has 72 heavy (non-hydrogen) atoms. The summed E-state index contributed by atoms with van der Waals surface area (Å²) in [5, 5.41) is 10.7. The lowest BCUT2D eigenvalue weighted by Crippen LogP contribution is -2.16. The molecule has 0 unspecified atom stereocenters. The van der Waals surface area contributed by atoms with Gasteiger partial charge in [-0.15, -0.1) is 11.3 Å². The van der Waals surface area contributed by atoms with Crippen LogP contribution in [0, 0.1) is 5.41 Å². The third kappa shape index (κ3) is 16.5. The number of allylic oxidation sites excluding steroid dienone is 1. The number of rotatable bonds is 0. The summed E-state index contributed by atoms with van der Waals surface area (Å²) in [6.07, 6.45) is 14.6. The summed E-state index contributed by atoms with van der Waals surface area (Å²) < 4.78 is 2.96. The molecule has 10 nitrogen and oxygen atoms in total. The second-order valence-electron chi connectivity index (χ2n) is 24.5. The lowest BCUT2D eigenvalue weighted by atomic mass is 9.85. The van der Waals surface area contributed by atoms with E-state index in [2.05, 4.69) is 230 Å². The van der Waals surface area contributed by atoms with Gasteiger partial charge in [-0.1, -0.05) is 167 Å². The molecule has 1 N–H and O–H groups in total. The van der Waals surface area contributed by atoms with E-state index in [0.29, 0.717) is 5.41 Å². The smallest absolute Gasteiger partial charge is 0.175 e. The van der Waals surface area contributed by atoms with Crippen LogP contribution < -0.4 is 5.32 Å². The van der Waals surface area contributed by atoms with Crippen LogP contribution in [0.3, 0.4) is 0 Å². The van der Waals surface area contributed by atoms with Gasteiger partial charge in [0.15, 0.2) is 5.65 Å². The van der Waals surface area contributed by atoms with Crippen molar-refractivity contribution < 1.29 is 0 Å². The van der Waals surface area contributed by atoms with Crippen molar-refractivity contribution in [3.8, 4) is 0 Å². The van der Waals surface area contributed by atoms with Crippen LogP contribution in [0.15, 0.2) is 132 Å². The van der Waals surface area contributed by atoms with Crippen LogP contribution in [0.1, 0.15) is 164 Å². The second kappa shape index (κ2) is 23.7. The fourth-order valence-electron chi connectivity index (χ4n) is 7.57. The monoisotopic (exact) mass is 987 g/mol. The van der Waals surface area contributed by atoms with Gasteiger partial charge in [0.05, 0.1) is 33.7 Å². The summed E-state index contributed by atoms with van der Waals surface area (Å²) in [6.45, 7) is 42.4. The minimum absolute atomic E-state index is 0.00947. The van der Waals surface area contributed by atoms with E-state index in [9.17, 15) is 0 Å². The molecule has 8 aromatic rings. The van der Waals surface area contributed by atoms with Gasteiger partial charge in [-0.25, -0.2) is 24.5 Å². The highest BCUT2D eigenvalue weighted by atomic mass is 32.1. The normalized spacial score (nSPS) is 13.5. The molecule has 0 fully saturated rings. The number of pyridine rings is 2. The Labute approximate surface area is 435 Å². The molecule has 2 aliphatic heterocycles. The van der Waals surface area contributed by atoms with Crippen molar-refractivity contribution in [2.75, 3.05) is 6.54 Å². The molecule has 2 aliphatic rings. The Morgan fingerprint density at radius 3 is 1.75 bits per heavy atom. The van der Waals surface area contributed by atoms with Crippen molar-refractivity contribution in [3.63, 3.8) is 0 Å². The number of fused-ring (bicyclic) bond motifs is 4. The zero-order valence-electron chi connectivity index (χ0n) is 46.7. The maximum atomic E-state index is 4.35. The zero-order valence-corrected chi connectivity index (χ0v) is 47.5. The summed E-state index contributed by atoms with van der Waals surface area (Å²) in [6, 6.07) is 25.5. The summed E-state index contributed by atoms with van der Waals surface area (Å²) in [7, 11) is 0. The molecule has 0 bridgehead atoms. The van der Waals surface area contributed by atoms with E-state index in [4.69, 9.17) is 0 Å². The van der Waals surface area contributed by atoms with Gasteiger partial charge in [-0.3, -0.25) is 15.0 Å². The molecule has 0 saturated heterocycles. The first-order valence-electron chi connectivity index (χ1n) is 25.2. The number of imidazole rings is 1. The van der Waals surface area contributed by atoms with Crippen molar-refractivity contribution in [2.24, 2.45) is 10.4 Å². The Kier molecular flexibility index (Phi) is 18.7. The first kappa shape index (κ1) is 56.9. The third-order valence-electron chi connectivity index (χ3n) is 12.0. The predicted octanol–water partition coefficient (Wildman–Crippen LogP) is 15.0. The average Bonchev–Trinajstić information content (AvgIpc) is 4.16. The van der Waals surface area contributed by atoms with Crippen molar-refractivity contribution in [3.05, 3.63) is 167 Å². The first-order chi connectivity index (χ1) is 33.5. The molecule has 0 atom stereocenters. The summed E-state index contributed by atoms with van der Waals surface area (Å²) >= 11 is 1.72. The number of hydrogen-bond donors (Lipinski definition) is 1. The van der Waals surface area contributed by atoms with E-state index in [-0.39, 0.29) is 27.1 Å². The van der Waals surface area contributed by atoms with E-state index in [0.717, 1.165) is 53.4 Å². The van der Waals surface area contributed by atoms with Crippen LogP contribution in [0.25, 0.3) is 26.8 Å². The first-order valence-corrected chi connectivity index (χ1v) is 26.0. The number of thiophene rings is 1. The maximum absolute atomic E-state index is 4.35. The van der Waals surface area contributed by atoms with E-state index < -0.39 is 0 Å². The summed E-state index contributed by atoms with van der Waals surface area (Å²) in [5.41, 5.74) is 14.4. The van der Waals surface area contributed by atoms with Crippen LogP contribution in [0.4, 0.5) is 0 Å². The maximum Gasteiger partial charge on any atom is 0.175 e. The van der Waals surface area contributed by atoms with E-state index in [1.54, 1.807) is 34.7 Å². The molecule has 2 aromatic carbocycles. The van der Waals surface area contributed by atoms with E-state index >= 15 is 0 Å². The molecule has 0 radical (unpaired) electrons. The molecular formula is C61H82N10S. The average molecular weight is 987 g/mol. The van der Waals surface area contributed by atoms with Crippen molar-refractivity contribution >= 4 is 44.3 Å². The van der Waals surface area contributed by atoms with Crippen LogP contribution in [0.2, 0.25) is 0 Å². The molecule has 382 valence electrons. The summed E-state index contributed by atoms with van der Waals surface area (Å²) in [5.74, 6) is 0. The van der Waals surface area contributed by atoms with Gasteiger partial charge in [-0.05, 0) is 85.9 Å². The van der Waals surface area contributed by atoms with Gasteiger partial charge in [0.2, 0.25) is 0 Å². The molecule has 0 saturated carbocycles. The van der Waals surface area contributed by atoms with Crippen molar-refractivity contribution in [1.82, 2.24) is 44.8 Å². The molecular weight excluding hydrogens is 905 g/mol. The Balaban J connectivity index is 0.000000161. The number of aromatic nitrogens is 8. The fraction of sp³-hybridized carbons (Fsp3) is 0.443. The van der Waals surface area contributed by atoms with Gasteiger partial charge in [0.25, 0.3) is 0 Å². The van der Waals surface area contributed by atoms with Crippen molar-refractivity contribution in [2.45, 2.75) is 165 Å². The molecule has 0 aliphatic carbocycles. The molecule has 8 heterocycles. The number of nitrogens with zero attached hydrogens (tertiary/aromatic N) is 9. The zero-order chi connectivity index (χ0) is 53.1. The van der Waals surface area contributed by atoms with Crippen LogP contribution >= 0.6 is 11.3 Å². The van der Waals surface area contributed by atoms with Crippen LogP contribution in [-0.4, -0.2) is 52.3 Å². The molecule has 10 rings (SSSR count). The molecule has 6 aromatic heterocycles. The highest BCUT2D eigenvalue weighted by Gasteiger charge is 2.22. The largest absolute Gasteiger partial charge is 0.309 e. The standard InChI is InChI=1S/C13H15N.C12H17N.C10H12N2S.C9H12N4.C9H13N.C8H13N/c1-13(2,3)11-6-7-12-10(9-11)5-4-8-14-12;1-12(2,3)11-5-4-9-7-13-8-10(9)6-11;1-10(2,3)9-8-7(4-5-13-8)11-6-12-9;1-9(2,3)7-8-10-4-5-13(8)12-6-11-7;1-9(2,3)8-6-4-5-7-10-8;1-8(2,3)7-4-5-9-6-7/h4-9H,1-3H3;4-6,13H,7-8H2,1-3H3;2*4-6H,1-3H3;4-7H,1-3H3;4,6H,5H2,1-3H3. The van der Waals surface area contributed by atoms with Crippen molar-refractivity contribution in [1.29, 1.82) is 0 Å². The lowest BCUT2D eigenvalue weighted by Gasteiger charge is -2.19. The minimum Gasteiger partial charge on any atom is -0.309 e. The number of benzene rings is 2. The van der Waals surface area contributed by atoms with Gasteiger partial charge in [-0.2, -0.15) is 5.10 Å². The van der Waals surface area contributed by atoms with Crippen LogP contribution in [0.5, 0.6) is 0 Å². The van der Waals surface area contributed by atoms with Crippen LogP contribution in [-0.2, 0) is 40.2 Å². The topological polar surface area (TPSA) is 119 Å². The molecule has 11 heteroatoms. The van der Waals surface area contributed by atoms with E-state index in [1.165, 1.54) is 37.9 Å².